The number of hydrogen-bond donors (Lipinski definition) is 3. The molecule has 1 rings (SSSR count). The van der Waals surface area contributed by atoms with Crippen molar-refractivity contribution >= 4 is 29.4 Å². The second-order valence-corrected chi connectivity index (χ2v) is 10.1. The molecule has 0 aromatic rings. The summed E-state index contributed by atoms with van der Waals surface area (Å²) in [4.78, 5) is 36.7. The molecule has 0 saturated carbocycles. The summed E-state index contributed by atoms with van der Waals surface area (Å²) in [5, 5.41) is 15.9. The van der Waals surface area contributed by atoms with Crippen LogP contribution < -0.4 is 10.6 Å². The Morgan fingerprint density at radius 1 is 1.21 bits per heavy atom. The third-order valence-electron chi connectivity index (χ3n) is 5.71. The lowest BCUT2D eigenvalue weighted by atomic mass is 9.97. The third kappa shape index (κ3) is 12.9. The molecule has 0 aromatic carbocycles. The Morgan fingerprint density at radius 3 is 2.50 bits per heavy atom. The number of methoxy groups -OCH3 is 1. The van der Waals surface area contributed by atoms with E-state index in [1.807, 2.05) is 39.8 Å². The fraction of sp³-hybridized carbons (Fsp3) is 0.483. The first-order chi connectivity index (χ1) is 17.9. The molecule has 2 amide bonds. The highest BCUT2D eigenvalue weighted by atomic mass is 35.5. The predicted molar refractivity (Wildman–Crippen MR) is 150 cm³/mol. The Hall–Kier alpha value is -3.10. The van der Waals surface area contributed by atoms with Crippen molar-refractivity contribution in [3.63, 3.8) is 0 Å². The van der Waals surface area contributed by atoms with Crippen LogP contribution in [0.15, 0.2) is 71.2 Å². The van der Waals surface area contributed by atoms with Crippen molar-refractivity contribution in [2.75, 3.05) is 7.11 Å². The molecule has 0 bridgehead atoms. The number of hydrogen-bond acceptors (Lipinski definition) is 6. The van der Waals surface area contributed by atoms with E-state index in [1.165, 1.54) is 19.4 Å². The average molecular weight is 549 g/mol. The molecule has 4 unspecified atom stereocenters. The number of carbonyl (C=O) groups is 3. The van der Waals surface area contributed by atoms with Crippen LogP contribution in [0.25, 0.3) is 0 Å². The van der Waals surface area contributed by atoms with Crippen LogP contribution in [-0.4, -0.2) is 48.2 Å². The van der Waals surface area contributed by atoms with Gasteiger partial charge in [-0.05, 0) is 44.9 Å². The summed E-state index contributed by atoms with van der Waals surface area (Å²) in [5.41, 5.74) is 0.949. The second kappa shape index (κ2) is 17.4. The van der Waals surface area contributed by atoms with Gasteiger partial charge in [-0.1, -0.05) is 74.4 Å². The summed E-state index contributed by atoms with van der Waals surface area (Å²) >= 11 is 5.75. The largest absolute Gasteiger partial charge is 0.490 e. The molecular weight excluding hydrogens is 508 g/mol. The number of aliphatic hydroxyl groups excluding tert-OH is 1. The maximum absolute atomic E-state index is 12.5. The molecular formula is C29H41ClN2O6. The number of halogens is 1. The number of nitrogens with one attached hydrogen (secondary N) is 2. The maximum Gasteiger partial charge on any atom is 0.373 e. The molecule has 0 aromatic heterocycles. The predicted octanol–water partition coefficient (Wildman–Crippen LogP) is 4.58. The molecule has 1 heterocycles. The van der Waals surface area contributed by atoms with Crippen molar-refractivity contribution in [2.45, 2.75) is 72.1 Å². The van der Waals surface area contributed by atoms with Gasteiger partial charge in [0.05, 0.1) is 13.2 Å². The first-order valence-corrected chi connectivity index (χ1v) is 13.1. The quantitative estimate of drug-likeness (QED) is 0.166. The maximum atomic E-state index is 12.5. The highest BCUT2D eigenvalue weighted by Gasteiger charge is 2.27. The van der Waals surface area contributed by atoms with E-state index in [-0.39, 0.29) is 29.6 Å². The Balaban J connectivity index is 2.56. The molecule has 8 nitrogen and oxygen atoms in total. The molecule has 38 heavy (non-hydrogen) atoms. The van der Waals surface area contributed by atoms with Gasteiger partial charge in [-0.2, -0.15) is 0 Å². The Morgan fingerprint density at radius 2 is 1.89 bits per heavy atom. The number of rotatable bonds is 14. The van der Waals surface area contributed by atoms with E-state index in [9.17, 15) is 19.5 Å². The molecule has 1 aliphatic heterocycles. The summed E-state index contributed by atoms with van der Waals surface area (Å²) in [6, 6.07) is -0.721. The topological polar surface area (TPSA) is 114 Å². The van der Waals surface area contributed by atoms with Crippen LogP contribution in [-0.2, 0) is 23.9 Å². The van der Waals surface area contributed by atoms with E-state index >= 15 is 0 Å². The molecule has 4 atom stereocenters. The van der Waals surface area contributed by atoms with Crippen molar-refractivity contribution in [1.82, 2.24) is 10.6 Å². The van der Waals surface area contributed by atoms with Crippen LogP contribution in [0.4, 0.5) is 0 Å². The van der Waals surface area contributed by atoms with Crippen LogP contribution in [0, 0.1) is 11.8 Å². The molecule has 0 aliphatic carbocycles. The highest BCUT2D eigenvalue weighted by molar-refractivity contribution is 6.29. The minimum absolute atomic E-state index is 0.000152. The summed E-state index contributed by atoms with van der Waals surface area (Å²) < 4.78 is 10.4. The van der Waals surface area contributed by atoms with Gasteiger partial charge in [0.25, 0.3) is 0 Å². The second-order valence-electron chi connectivity index (χ2n) is 9.50. The molecule has 0 radical (unpaired) electrons. The first-order valence-electron chi connectivity index (χ1n) is 12.7. The van der Waals surface area contributed by atoms with Crippen molar-refractivity contribution in [3.8, 4) is 0 Å². The van der Waals surface area contributed by atoms with Gasteiger partial charge in [-0.3, -0.25) is 9.59 Å². The van der Waals surface area contributed by atoms with E-state index in [0.29, 0.717) is 24.3 Å². The standard InChI is InChI=1S/C29H41ClN2O6/c1-19(2)27(28(35)31-17-9-11-23(33)14-13-22(5)30)32-26(34)12-8-7-10-20(3)18-21(4)24-15-16-25(37-6)29(36)38-24/h7-10,12-13,16-19,21,23-24,27,33H,11,14-15H2,1-6H3,(H,31,35)(H,32,34). The zero-order valence-electron chi connectivity index (χ0n) is 23.1. The van der Waals surface area contributed by atoms with Crippen molar-refractivity contribution < 1.29 is 29.0 Å². The van der Waals surface area contributed by atoms with E-state index in [4.69, 9.17) is 21.1 Å². The zero-order chi connectivity index (χ0) is 28.7. The fourth-order valence-electron chi connectivity index (χ4n) is 3.55. The van der Waals surface area contributed by atoms with E-state index in [2.05, 4.69) is 10.6 Å². The average Bonchev–Trinajstić information content (AvgIpc) is 2.86. The molecule has 210 valence electrons. The van der Waals surface area contributed by atoms with Gasteiger partial charge in [0.2, 0.25) is 11.8 Å². The van der Waals surface area contributed by atoms with Crippen LogP contribution >= 0.6 is 11.6 Å². The van der Waals surface area contributed by atoms with Crippen LogP contribution in [0.3, 0.4) is 0 Å². The van der Waals surface area contributed by atoms with E-state index in [1.54, 1.807) is 37.3 Å². The molecule has 0 spiro atoms. The van der Waals surface area contributed by atoms with E-state index < -0.39 is 24.0 Å². The fourth-order valence-corrected chi connectivity index (χ4v) is 3.64. The molecule has 9 heteroatoms. The van der Waals surface area contributed by atoms with Gasteiger partial charge in [0.15, 0.2) is 5.76 Å². The van der Waals surface area contributed by atoms with Gasteiger partial charge in [0.1, 0.15) is 12.1 Å². The number of ether oxygens (including phenoxy) is 2. The van der Waals surface area contributed by atoms with Crippen LogP contribution in [0.2, 0.25) is 0 Å². The van der Waals surface area contributed by atoms with Gasteiger partial charge in [-0.25, -0.2) is 4.79 Å². The number of esters is 1. The smallest absolute Gasteiger partial charge is 0.373 e. The summed E-state index contributed by atoms with van der Waals surface area (Å²) in [7, 11) is 1.44. The number of cyclic esters (lactones) is 1. The van der Waals surface area contributed by atoms with Crippen molar-refractivity contribution in [2.24, 2.45) is 11.8 Å². The minimum Gasteiger partial charge on any atom is -0.490 e. The van der Waals surface area contributed by atoms with Gasteiger partial charge in [-0.15, -0.1) is 0 Å². The van der Waals surface area contributed by atoms with Gasteiger partial charge in [0, 0.05) is 23.4 Å². The minimum atomic E-state index is -0.721. The lowest BCUT2D eigenvalue weighted by molar-refractivity contribution is -0.151. The lowest BCUT2D eigenvalue weighted by Gasteiger charge is -2.25. The van der Waals surface area contributed by atoms with Gasteiger partial charge >= 0.3 is 5.97 Å². The molecule has 1 aliphatic rings. The number of aliphatic hydroxyl groups is 1. The lowest BCUT2D eigenvalue weighted by Crippen LogP contribution is -2.48. The van der Waals surface area contributed by atoms with E-state index in [0.717, 1.165) is 5.57 Å². The van der Waals surface area contributed by atoms with Crippen LogP contribution in [0.5, 0.6) is 0 Å². The van der Waals surface area contributed by atoms with Crippen molar-refractivity contribution in [3.05, 3.63) is 71.2 Å². The number of amides is 2. The third-order valence-corrected chi connectivity index (χ3v) is 5.87. The molecule has 3 N–H and O–H groups in total. The zero-order valence-corrected chi connectivity index (χ0v) is 23.8. The molecule has 0 saturated heterocycles. The first kappa shape index (κ1) is 32.9. The van der Waals surface area contributed by atoms with Gasteiger partial charge < -0.3 is 25.2 Å². The summed E-state index contributed by atoms with van der Waals surface area (Å²) in [6.45, 7) is 9.31. The van der Waals surface area contributed by atoms with Crippen LogP contribution in [0.1, 0.15) is 53.9 Å². The Bertz CT molecular complexity index is 989. The monoisotopic (exact) mass is 548 g/mol. The Kier molecular flexibility index (Phi) is 15.1. The number of allylic oxidation sites excluding steroid dienone is 5. The summed E-state index contributed by atoms with van der Waals surface area (Å²) in [5.74, 6) is -1.10. The number of carbonyl (C=O) groups excluding carboxylic acids is 3. The Labute approximate surface area is 231 Å². The van der Waals surface area contributed by atoms with Crippen molar-refractivity contribution in [1.29, 1.82) is 0 Å². The summed E-state index contributed by atoms with van der Waals surface area (Å²) in [6.07, 6.45) is 15.6. The molecule has 0 fully saturated rings. The highest BCUT2D eigenvalue weighted by Crippen LogP contribution is 2.22. The SMILES string of the molecule is COC1=CCC(C(C)C=C(C)C=CC=CC(=O)NC(C(=O)NC=CCC(O)CC=C(C)Cl)C(C)C)OC1=O. The normalized spacial score (nSPS) is 19.4.